The zero-order chi connectivity index (χ0) is 22.0. The second kappa shape index (κ2) is 20.1. The number of unbranched alkanes of at least 4 members (excludes halogenated alkanes) is 13. The Labute approximate surface area is 198 Å². The molecule has 0 radical (unpaired) electrons. The number of nitrogens with two attached hydrogens (primary N) is 1. The molecular formula is C26H58ClNOSi. The van der Waals surface area contributed by atoms with Crippen molar-refractivity contribution in [2.24, 2.45) is 11.7 Å². The van der Waals surface area contributed by atoms with E-state index >= 15 is 0 Å². The van der Waals surface area contributed by atoms with Crippen LogP contribution in [0.1, 0.15) is 130 Å². The molecule has 0 rings (SSSR count). The largest absolute Gasteiger partial charge is 0.420 e. The van der Waals surface area contributed by atoms with Crippen LogP contribution in [0, 0.1) is 5.92 Å². The van der Waals surface area contributed by atoms with E-state index in [-0.39, 0.29) is 17.9 Å². The number of hydrogen-bond acceptors (Lipinski definition) is 2. The van der Waals surface area contributed by atoms with Gasteiger partial charge in [-0.1, -0.05) is 103 Å². The van der Waals surface area contributed by atoms with Gasteiger partial charge < -0.3 is 10.2 Å². The van der Waals surface area contributed by atoms with Crippen LogP contribution in [0.25, 0.3) is 0 Å². The molecule has 0 saturated heterocycles. The van der Waals surface area contributed by atoms with E-state index in [1.54, 1.807) is 0 Å². The Hall–Kier alpha value is 0.427. The van der Waals surface area contributed by atoms with E-state index < -0.39 is 8.32 Å². The third-order valence-corrected chi connectivity index (χ3v) is 9.51. The fourth-order valence-corrected chi connectivity index (χ4v) is 5.61. The zero-order valence-electron chi connectivity index (χ0n) is 21.7. The van der Waals surface area contributed by atoms with Gasteiger partial charge in [0.05, 0.1) is 0 Å². The van der Waals surface area contributed by atoms with Crippen molar-refractivity contribution in [3.63, 3.8) is 0 Å². The maximum atomic E-state index is 6.50. The molecule has 1 atom stereocenters. The molecule has 0 bridgehead atoms. The van der Waals surface area contributed by atoms with Gasteiger partial charge in [0.2, 0.25) is 0 Å². The quantitative estimate of drug-likeness (QED) is 0.136. The van der Waals surface area contributed by atoms with Gasteiger partial charge in [-0.3, -0.25) is 0 Å². The van der Waals surface area contributed by atoms with Crippen LogP contribution < -0.4 is 5.73 Å². The summed E-state index contributed by atoms with van der Waals surface area (Å²) in [6, 6.07) is 1.26. The summed E-state index contributed by atoms with van der Waals surface area (Å²) in [5.74, 6) is 0.654. The summed E-state index contributed by atoms with van der Waals surface area (Å²) >= 11 is 0. The van der Waals surface area contributed by atoms with Crippen molar-refractivity contribution in [2.45, 2.75) is 155 Å². The van der Waals surface area contributed by atoms with Crippen LogP contribution >= 0.6 is 12.4 Å². The van der Waals surface area contributed by atoms with Crippen LogP contribution in [-0.4, -0.2) is 21.0 Å². The van der Waals surface area contributed by atoms with E-state index in [0.717, 1.165) is 0 Å². The maximum Gasteiger partial charge on any atom is 0.186 e. The smallest absolute Gasteiger partial charge is 0.186 e. The maximum absolute atomic E-state index is 6.50. The first-order chi connectivity index (χ1) is 13.7. The van der Waals surface area contributed by atoms with E-state index in [1.807, 2.05) is 7.11 Å². The van der Waals surface area contributed by atoms with Crippen molar-refractivity contribution in [1.29, 1.82) is 0 Å². The fraction of sp³-hybridized carbons (Fsp3) is 1.00. The first-order valence-corrected chi connectivity index (χ1v) is 16.2. The van der Waals surface area contributed by atoms with Crippen LogP contribution in [0.4, 0.5) is 0 Å². The van der Waals surface area contributed by atoms with Crippen LogP contribution in [0.2, 0.25) is 19.1 Å². The van der Waals surface area contributed by atoms with Crippen molar-refractivity contribution in [2.75, 3.05) is 7.11 Å². The number of hydrogen-bond donors (Lipinski definition) is 1. The Kier molecular flexibility index (Phi) is 21.8. The third-order valence-electron chi connectivity index (χ3n) is 6.84. The molecule has 0 saturated carbocycles. The minimum absolute atomic E-state index is 0. The van der Waals surface area contributed by atoms with Gasteiger partial charge in [0, 0.05) is 12.6 Å². The molecule has 0 aliphatic heterocycles. The van der Waals surface area contributed by atoms with E-state index in [4.69, 9.17) is 10.2 Å². The average Bonchev–Trinajstić information content (AvgIpc) is 2.65. The van der Waals surface area contributed by atoms with Gasteiger partial charge in [-0.2, -0.15) is 0 Å². The van der Waals surface area contributed by atoms with Crippen LogP contribution in [-0.2, 0) is 4.43 Å². The van der Waals surface area contributed by atoms with E-state index in [1.165, 1.54) is 115 Å². The third kappa shape index (κ3) is 20.3. The van der Waals surface area contributed by atoms with Crippen molar-refractivity contribution in [1.82, 2.24) is 0 Å². The lowest BCUT2D eigenvalue weighted by Crippen LogP contribution is -2.41. The minimum Gasteiger partial charge on any atom is -0.420 e. The summed E-state index contributed by atoms with van der Waals surface area (Å²) in [7, 11) is 0.463. The molecule has 30 heavy (non-hydrogen) atoms. The first kappa shape index (κ1) is 32.6. The minimum atomic E-state index is -1.42. The SMILES string of the molecule is CCCCCCCCCCCCCCCCC(CCC[Si](C)(C)OC)C(C)(C)N.Cl. The van der Waals surface area contributed by atoms with Gasteiger partial charge in [-0.25, -0.2) is 0 Å². The molecule has 0 amide bonds. The highest BCUT2D eigenvalue weighted by Gasteiger charge is 2.26. The van der Waals surface area contributed by atoms with Gasteiger partial charge in [0.15, 0.2) is 8.32 Å². The topological polar surface area (TPSA) is 35.2 Å². The zero-order valence-corrected chi connectivity index (χ0v) is 23.5. The summed E-state index contributed by atoms with van der Waals surface area (Å²) in [5.41, 5.74) is 6.45. The molecule has 0 aliphatic rings. The molecule has 0 heterocycles. The summed E-state index contributed by atoms with van der Waals surface area (Å²) in [6.45, 7) is 11.4. The fourth-order valence-electron chi connectivity index (χ4n) is 4.35. The second-order valence-corrected chi connectivity index (χ2v) is 15.2. The van der Waals surface area contributed by atoms with Crippen molar-refractivity contribution >= 4 is 20.7 Å². The van der Waals surface area contributed by atoms with Crippen molar-refractivity contribution < 1.29 is 4.43 Å². The summed E-state index contributed by atoms with van der Waals surface area (Å²) in [5, 5.41) is 0. The average molecular weight is 464 g/mol. The predicted molar refractivity (Wildman–Crippen MR) is 142 cm³/mol. The first-order valence-electron chi connectivity index (χ1n) is 13.1. The normalized spacial score (nSPS) is 13.3. The predicted octanol–water partition coefficient (Wildman–Crippen LogP) is 9.26. The molecule has 184 valence electrons. The van der Waals surface area contributed by atoms with Crippen LogP contribution in [0.15, 0.2) is 0 Å². The molecule has 2 N–H and O–H groups in total. The van der Waals surface area contributed by atoms with E-state index in [0.29, 0.717) is 5.92 Å². The van der Waals surface area contributed by atoms with Crippen LogP contribution in [0.3, 0.4) is 0 Å². The molecule has 0 aromatic carbocycles. The van der Waals surface area contributed by atoms with Gasteiger partial charge in [-0.05, 0) is 51.7 Å². The highest BCUT2D eigenvalue weighted by atomic mass is 35.5. The molecule has 0 aromatic heterocycles. The van der Waals surface area contributed by atoms with Gasteiger partial charge in [0.1, 0.15) is 0 Å². The Morgan fingerprint density at radius 2 is 1.07 bits per heavy atom. The van der Waals surface area contributed by atoms with Gasteiger partial charge in [-0.15, -0.1) is 12.4 Å². The lowest BCUT2D eigenvalue weighted by Gasteiger charge is -2.32. The Bertz CT molecular complexity index is 357. The van der Waals surface area contributed by atoms with Gasteiger partial charge in [0.25, 0.3) is 0 Å². The molecule has 0 aliphatic carbocycles. The summed E-state index contributed by atoms with van der Waals surface area (Å²) < 4.78 is 5.70. The van der Waals surface area contributed by atoms with Crippen molar-refractivity contribution in [3.8, 4) is 0 Å². The lowest BCUT2D eigenvalue weighted by atomic mass is 9.81. The second-order valence-electron chi connectivity index (χ2n) is 10.8. The standard InChI is InChI=1S/C26H57NOSi.ClH/c1-7-8-9-10-11-12-13-14-15-16-17-18-19-20-22-25(26(2,3)27)23-21-24-29(5,6)28-4;/h25H,7-24,27H2,1-6H3;1H. The number of halogens is 1. The Balaban J connectivity index is 0. The molecule has 0 aromatic rings. The van der Waals surface area contributed by atoms with Crippen molar-refractivity contribution in [3.05, 3.63) is 0 Å². The summed E-state index contributed by atoms with van der Waals surface area (Å²) in [4.78, 5) is 0. The van der Waals surface area contributed by atoms with Crippen LogP contribution in [0.5, 0.6) is 0 Å². The molecule has 0 spiro atoms. The molecular weight excluding hydrogens is 406 g/mol. The molecule has 1 unspecified atom stereocenters. The molecule has 4 heteroatoms. The summed E-state index contributed by atoms with van der Waals surface area (Å²) in [6.07, 6.45) is 23.9. The molecule has 2 nitrogen and oxygen atoms in total. The monoisotopic (exact) mass is 463 g/mol. The van der Waals surface area contributed by atoms with Gasteiger partial charge >= 0.3 is 0 Å². The van der Waals surface area contributed by atoms with E-state index in [9.17, 15) is 0 Å². The van der Waals surface area contributed by atoms with E-state index in [2.05, 4.69) is 33.9 Å². The Morgan fingerprint density at radius 1 is 0.700 bits per heavy atom. The highest BCUT2D eigenvalue weighted by Crippen LogP contribution is 2.28. The Morgan fingerprint density at radius 3 is 1.43 bits per heavy atom. The highest BCUT2D eigenvalue weighted by molar-refractivity contribution is 6.71. The lowest BCUT2D eigenvalue weighted by molar-refractivity contribution is 0.271. The number of rotatable bonds is 21. The molecule has 0 fully saturated rings.